The number of aromatic hydroxyl groups is 2. The third kappa shape index (κ3) is 6.86. The van der Waals surface area contributed by atoms with E-state index in [0.717, 1.165) is 25.7 Å². The van der Waals surface area contributed by atoms with Gasteiger partial charge in [0.1, 0.15) is 12.4 Å². The minimum atomic E-state index is -0.607. The lowest BCUT2D eigenvalue weighted by molar-refractivity contribution is 0.331. The summed E-state index contributed by atoms with van der Waals surface area (Å²) in [5.74, 6) is -0.342. The Balaban J connectivity index is 1.91. The quantitative estimate of drug-likeness (QED) is 0.307. The summed E-state index contributed by atoms with van der Waals surface area (Å²) in [6, 6.07) is 3.91. The summed E-state index contributed by atoms with van der Waals surface area (Å²) in [6.45, 7) is 8.67. The van der Waals surface area contributed by atoms with Crippen molar-refractivity contribution in [1.82, 2.24) is 0 Å². The molecule has 1 aromatic carbocycles. The van der Waals surface area contributed by atoms with Crippen molar-refractivity contribution in [3.63, 3.8) is 0 Å². The fourth-order valence-corrected chi connectivity index (χ4v) is 2.90. The van der Waals surface area contributed by atoms with Gasteiger partial charge in [0.2, 0.25) is 5.75 Å². The van der Waals surface area contributed by atoms with E-state index < -0.39 is 5.63 Å². The molecule has 0 spiro atoms. The molecule has 0 atom stereocenters. The normalized spacial score (nSPS) is 12.3. The monoisotopic (exact) mass is 398 g/mol. The van der Waals surface area contributed by atoms with Crippen molar-refractivity contribution >= 4 is 11.0 Å². The molecule has 0 saturated carbocycles. The van der Waals surface area contributed by atoms with Gasteiger partial charge in [-0.3, -0.25) is 0 Å². The van der Waals surface area contributed by atoms with Crippen LogP contribution in [0.3, 0.4) is 0 Å². The van der Waals surface area contributed by atoms with Gasteiger partial charge in [0.05, 0.1) is 5.39 Å². The maximum Gasteiger partial charge on any atom is 0.336 e. The molecule has 2 aromatic rings. The predicted octanol–water partition coefficient (Wildman–Crippen LogP) is 6.00. The summed E-state index contributed by atoms with van der Waals surface area (Å²) in [5, 5.41) is 20.6. The molecule has 0 aliphatic carbocycles. The van der Waals surface area contributed by atoms with Crippen molar-refractivity contribution < 1.29 is 19.4 Å². The van der Waals surface area contributed by atoms with Gasteiger partial charge in [0.25, 0.3) is 0 Å². The van der Waals surface area contributed by atoms with Crippen molar-refractivity contribution in [1.29, 1.82) is 0 Å². The van der Waals surface area contributed by atoms with E-state index in [1.807, 2.05) is 13.0 Å². The number of phenolic OH excluding ortho intramolecular Hbond substituents is 2. The zero-order valence-electron chi connectivity index (χ0n) is 17.6. The van der Waals surface area contributed by atoms with Gasteiger partial charge in [0, 0.05) is 12.1 Å². The van der Waals surface area contributed by atoms with Crippen LogP contribution in [-0.4, -0.2) is 16.8 Å². The zero-order valence-corrected chi connectivity index (χ0v) is 17.6. The first kappa shape index (κ1) is 22.3. The highest BCUT2D eigenvalue weighted by molar-refractivity contribution is 5.90. The van der Waals surface area contributed by atoms with Gasteiger partial charge in [0.15, 0.2) is 11.3 Å². The average molecular weight is 398 g/mol. The number of fused-ring (bicyclic) bond motifs is 1. The average Bonchev–Trinajstić information content (AvgIpc) is 2.65. The largest absolute Gasteiger partial charge is 0.507 e. The van der Waals surface area contributed by atoms with Crippen molar-refractivity contribution in [2.75, 3.05) is 6.61 Å². The predicted molar refractivity (Wildman–Crippen MR) is 117 cm³/mol. The maximum atomic E-state index is 11.4. The van der Waals surface area contributed by atoms with Crippen LogP contribution >= 0.6 is 0 Å². The fraction of sp³-hybridized carbons (Fsp3) is 0.375. The van der Waals surface area contributed by atoms with E-state index in [2.05, 4.69) is 32.9 Å². The summed E-state index contributed by atoms with van der Waals surface area (Å²) in [7, 11) is 0. The van der Waals surface area contributed by atoms with Gasteiger partial charge in [-0.15, -0.1) is 0 Å². The fourth-order valence-electron chi connectivity index (χ4n) is 2.90. The van der Waals surface area contributed by atoms with E-state index >= 15 is 0 Å². The molecule has 1 aromatic heterocycles. The summed E-state index contributed by atoms with van der Waals surface area (Å²) >= 11 is 0. The van der Waals surface area contributed by atoms with Crippen LogP contribution in [0.15, 0.2) is 62.4 Å². The van der Waals surface area contributed by atoms with Crippen molar-refractivity contribution in [2.45, 2.75) is 53.4 Å². The molecule has 5 nitrogen and oxygen atoms in total. The summed E-state index contributed by atoms with van der Waals surface area (Å²) < 4.78 is 10.6. The molecule has 0 fully saturated rings. The van der Waals surface area contributed by atoms with Crippen LogP contribution in [0.2, 0.25) is 0 Å². The van der Waals surface area contributed by atoms with Gasteiger partial charge in [-0.25, -0.2) is 4.79 Å². The molecule has 0 aliphatic rings. The molecule has 0 saturated heterocycles. The van der Waals surface area contributed by atoms with E-state index in [4.69, 9.17) is 9.15 Å². The number of hydrogen-bond acceptors (Lipinski definition) is 5. The Labute approximate surface area is 171 Å². The smallest absolute Gasteiger partial charge is 0.336 e. The minimum absolute atomic E-state index is 0.0726. The molecule has 29 heavy (non-hydrogen) atoms. The highest BCUT2D eigenvalue weighted by atomic mass is 16.5. The standard InChI is InChI=1S/C24H30O5/c1-16(2)7-5-8-17(3)9-6-10-18(4)13-14-28-21-15-20(25)19-11-12-22(26)29-24(19)23(21)27/h7,9,11-13,15,25,27H,5-6,8,10,14H2,1-4H3/b17-9+,18-13+. The van der Waals surface area contributed by atoms with Crippen LogP contribution in [-0.2, 0) is 0 Å². The van der Waals surface area contributed by atoms with Crippen molar-refractivity contribution in [2.24, 2.45) is 0 Å². The minimum Gasteiger partial charge on any atom is -0.507 e. The summed E-state index contributed by atoms with van der Waals surface area (Å²) in [6.07, 6.45) is 10.5. The SMILES string of the molecule is CC(C)=CCC/C(C)=C/CC/C(C)=C/COc1cc(O)c2ccc(=O)oc2c1O. The van der Waals surface area contributed by atoms with Crippen LogP contribution in [0.25, 0.3) is 11.0 Å². The number of ether oxygens (including phenoxy) is 1. The Morgan fingerprint density at radius 3 is 2.34 bits per heavy atom. The molecule has 0 unspecified atom stereocenters. The third-order valence-electron chi connectivity index (χ3n) is 4.62. The van der Waals surface area contributed by atoms with Gasteiger partial charge >= 0.3 is 5.63 Å². The van der Waals surface area contributed by atoms with E-state index in [0.29, 0.717) is 0 Å². The second kappa shape index (κ2) is 10.6. The Bertz CT molecular complexity index is 988. The molecule has 156 valence electrons. The molecule has 0 radical (unpaired) electrons. The molecule has 2 N–H and O–H groups in total. The van der Waals surface area contributed by atoms with Gasteiger partial charge < -0.3 is 19.4 Å². The number of hydrogen-bond donors (Lipinski definition) is 2. The summed E-state index contributed by atoms with van der Waals surface area (Å²) in [4.78, 5) is 11.4. The molecule has 0 bridgehead atoms. The first-order chi connectivity index (χ1) is 13.8. The van der Waals surface area contributed by atoms with Crippen LogP contribution in [0, 0.1) is 0 Å². The maximum absolute atomic E-state index is 11.4. The molecule has 5 heteroatoms. The highest BCUT2D eigenvalue weighted by Crippen LogP contribution is 2.39. The van der Waals surface area contributed by atoms with Gasteiger partial charge in [-0.1, -0.05) is 28.9 Å². The van der Waals surface area contributed by atoms with Crippen LogP contribution in [0.5, 0.6) is 17.2 Å². The first-order valence-corrected chi connectivity index (χ1v) is 9.84. The van der Waals surface area contributed by atoms with E-state index in [1.165, 1.54) is 34.9 Å². The Morgan fingerprint density at radius 2 is 1.66 bits per heavy atom. The molecular formula is C24H30O5. The lowest BCUT2D eigenvalue weighted by atomic mass is 10.1. The first-order valence-electron chi connectivity index (χ1n) is 9.84. The Kier molecular flexibility index (Phi) is 8.13. The molecule has 0 aliphatic heterocycles. The van der Waals surface area contributed by atoms with Crippen LogP contribution < -0.4 is 10.4 Å². The molecule has 2 rings (SSSR count). The van der Waals surface area contributed by atoms with E-state index in [1.54, 1.807) is 0 Å². The van der Waals surface area contributed by atoms with E-state index in [-0.39, 0.29) is 34.8 Å². The van der Waals surface area contributed by atoms with Gasteiger partial charge in [-0.05, 0) is 65.5 Å². The van der Waals surface area contributed by atoms with E-state index in [9.17, 15) is 15.0 Å². The lowest BCUT2D eigenvalue weighted by Gasteiger charge is -2.09. The number of rotatable bonds is 9. The van der Waals surface area contributed by atoms with Crippen LogP contribution in [0.4, 0.5) is 0 Å². The zero-order chi connectivity index (χ0) is 21.4. The number of phenols is 2. The van der Waals surface area contributed by atoms with Crippen LogP contribution in [0.1, 0.15) is 53.4 Å². The Morgan fingerprint density at radius 1 is 1.00 bits per heavy atom. The second-order valence-corrected chi connectivity index (χ2v) is 7.51. The number of benzene rings is 1. The molecular weight excluding hydrogens is 368 g/mol. The molecule has 0 amide bonds. The lowest BCUT2D eigenvalue weighted by Crippen LogP contribution is -1.98. The van der Waals surface area contributed by atoms with Crippen molar-refractivity contribution in [3.8, 4) is 17.2 Å². The third-order valence-corrected chi connectivity index (χ3v) is 4.62. The summed E-state index contributed by atoms with van der Waals surface area (Å²) in [5.41, 5.74) is 3.23. The highest BCUT2D eigenvalue weighted by Gasteiger charge is 2.14. The second-order valence-electron chi connectivity index (χ2n) is 7.51. The van der Waals surface area contributed by atoms with Crippen molar-refractivity contribution in [3.05, 3.63) is 63.6 Å². The van der Waals surface area contributed by atoms with Gasteiger partial charge in [-0.2, -0.15) is 0 Å². The Hall–Kier alpha value is -2.95. The topological polar surface area (TPSA) is 79.9 Å². The number of allylic oxidation sites excluding steroid dienone is 5. The molecule has 1 heterocycles.